The van der Waals surface area contributed by atoms with Crippen LogP contribution in [0, 0.1) is 11.8 Å². The van der Waals surface area contributed by atoms with Crippen molar-refractivity contribution in [2.75, 3.05) is 27.4 Å². The van der Waals surface area contributed by atoms with Gasteiger partial charge in [0, 0.05) is 17.8 Å². The third-order valence-corrected chi connectivity index (χ3v) is 15.7. The highest BCUT2D eigenvalue weighted by molar-refractivity contribution is 7.09. The summed E-state index contributed by atoms with van der Waals surface area (Å²) in [6.45, 7) is 17.0. The zero-order valence-corrected chi connectivity index (χ0v) is 33.0. The Morgan fingerprint density at radius 2 is 1.75 bits per heavy atom. The first kappa shape index (κ1) is 41.8. The van der Waals surface area contributed by atoms with Crippen molar-refractivity contribution < 1.29 is 33.1 Å². The minimum absolute atomic E-state index is 0.0660. The first-order chi connectivity index (χ1) is 22.8. The van der Waals surface area contributed by atoms with Gasteiger partial charge in [-0.05, 0) is 69.2 Å². The molecule has 0 radical (unpaired) electrons. The number of esters is 2. The summed E-state index contributed by atoms with van der Waals surface area (Å²) in [7, 11) is 1.09. The van der Waals surface area contributed by atoms with Crippen molar-refractivity contribution in [2.45, 2.75) is 143 Å². The Bertz CT molecular complexity index is 1170. The Balaban J connectivity index is 2.60. The van der Waals surface area contributed by atoms with Crippen LogP contribution in [-0.4, -0.2) is 92.4 Å². The molecule has 1 unspecified atom stereocenters. The van der Waals surface area contributed by atoms with Gasteiger partial charge in [0.2, 0.25) is 11.8 Å². The number of likely N-dealkylation sites (tertiary alicyclic amines) is 1. The minimum Gasteiger partial charge on any atom is -0.464 e. The van der Waals surface area contributed by atoms with Crippen molar-refractivity contribution in [3.05, 3.63) is 16.1 Å². The van der Waals surface area contributed by atoms with Gasteiger partial charge in [-0.15, -0.1) is 11.3 Å². The lowest BCUT2D eigenvalue weighted by Gasteiger charge is -2.41. The molecule has 13 heteroatoms. The number of carbonyl (C=O) groups is 4. The van der Waals surface area contributed by atoms with Crippen LogP contribution >= 0.6 is 11.3 Å². The van der Waals surface area contributed by atoms with Gasteiger partial charge in [0.15, 0.2) is 20.7 Å². The summed E-state index contributed by atoms with van der Waals surface area (Å²) in [5.41, 5.74) is 0.220. The molecular weight excluding hydrogens is 649 g/mol. The third-order valence-electron chi connectivity index (χ3n) is 10.1. The lowest BCUT2D eigenvalue weighted by atomic mass is 9.92. The number of piperidine rings is 1. The first-order valence-corrected chi connectivity index (χ1v) is 21.4. The highest BCUT2D eigenvalue weighted by atomic mass is 32.1. The molecule has 0 bridgehead atoms. The van der Waals surface area contributed by atoms with Gasteiger partial charge in [-0.3, -0.25) is 19.3 Å². The van der Waals surface area contributed by atoms with Crippen molar-refractivity contribution in [1.29, 1.82) is 0 Å². The van der Waals surface area contributed by atoms with Crippen molar-refractivity contribution in [1.82, 2.24) is 20.1 Å². The number of amides is 2. The largest absolute Gasteiger partial charge is 0.464 e. The topological polar surface area (TPSA) is 127 Å². The Hall–Kier alpha value is -2.35. The molecule has 2 heterocycles. The number of carbonyl (C=O) groups excluding carboxylic acids is 4. The Morgan fingerprint density at radius 1 is 1.08 bits per heavy atom. The van der Waals surface area contributed by atoms with Crippen LogP contribution in [0.2, 0.25) is 18.1 Å². The smallest absolute Gasteiger partial charge is 0.357 e. The molecule has 1 aromatic rings. The van der Waals surface area contributed by atoms with E-state index in [-0.39, 0.29) is 54.5 Å². The molecule has 274 valence electrons. The quantitative estimate of drug-likeness (QED) is 0.0911. The molecule has 1 N–H and O–H groups in total. The van der Waals surface area contributed by atoms with E-state index in [0.717, 1.165) is 43.9 Å². The van der Waals surface area contributed by atoms with Crippen molar-refractivity contribution in [3.63, 3.8) is 0 Å². The highest BCUT2D eigenvalue weighted by Crippen LogP contribution is 2.37. The van der Waals surface area contributed by atoms with Crippen molar-refractivity contribution in [3.8, 4) is 0 Å². The molecule has 0 aliphatic carbocycles. The van der Waals surface area contributed by atoms with Crippen LogP contribution in [0.1, 0.15) is 122 Å². The zero-order chi connectivity index (χ0) is 36.0. The lowest BCUT2D eigenvalue weighted by Crippen LogP contribution is -2.59. The number of nitrogens with one attached hydrogen (secondary N) is 1. The van der Waals surface area contributed by atoms with Crippen LogP contribution in [0.4, 0.5) is 0 Å². The Labute approximate surface area is 294 Å². The molecule has 1 aromatic heterocycles. The van der Waals surface area contributed by atoms with Gasteiger partial charge >= 0.3 is 11.9 Å². The monoisotopic (exact) mass is 710 g/mol. The fraction of sp³-hybridized carbons (Fsp3) is 0.800. The number of likely N-dealkylation sites (N-methyl/N-ethyl adjacent to an activating group) is 1. The maximum atomic E-state index is 14.8. The number of rotatable bonds is 20. The van der Waals surface area contributed by atoms with E-state index in [1.54, 1.807) is 10.3 Å². The van der Waals surface area contributed by atoms with Crippen molar-refractivity contribution in [2.24, 2.45) is 11.8 Å². The van der Waals surface area contributed by atoms with Crippen molar-refractivity contribution >= 4 is 43.4 Å². The normalized spacial score (nSPS) is 18.1. The second kappa shape index (κ2) is 20.4. The average Bonchev–Trinajstić information content (AvgIpc) is 3.58. The van der Waals surface area contributed by atoms with E-state index in [2.05, 4.69) is 36.0 Å². The molecule has 1 aliphatic heterocycles. The Morgan fingerprint density at radius 3 is 2.29 bits per heavy atom. The van der Waals surface area contributed by atoms with E-state index in [4.69, 9.17) is 13.9 Å². The number of hydrogen-bond donors (Lipinski definition) is 1. The number of thiazole rings is 1. The van der Waals surface area contributed by atoms with Gasteiger partial charge in [-0.25, -0.2) is 9.78 Å². The summed E-state index contributed by atoms with van der Waals surface area (Å²) in [4.78, 5) is 61.8. The van der Waals surface area contributed by atoms with Crippen LogP contribution in [0.15, 0.2) is 5.38 Å². The fourth-order valence-electron chi connectivity index (χ4n) is 6.37. The zero-order valence-electron chi connectivity index (χ0n) is 31.1. The molecule has 11 nitrogen and oxygen atoms in total. The van der Waals surface area contributed by atoms with Crippen LogP contribution < -0.4 is 5.32 Å². The van der Waals surface area contributed by atoms with Gasteiger partial charge in [0.05, 0.1) is 19.3 Å². The van der Waals surface area contributed by atoms with E-state index in [9.17, 15) is 19.2 Å². The molecule has 0 spiro atoms. The average molecular weight is 711 g/mol. The van der Waals surface area contributed by atoms with Gasteiger partial charge in [0.25, 0.3) is 0 Å². The Kier molecular flexibility index (Phi) is 17.7. The molecule has 5 atom stereocenters. The molecule has 1 fully saturated rings. The maximum absolute atomic E-state index is 14.8. The molecule has 0 aromatic carbocycles. The second-order valence-corrected chi connectivity index (χ2v) is 19.1. The highest BCUT2D eigenvalue weighted by Gasteiger charge is 2.41. The maximum Gasteiger partial charge on any atom is 0.357 e. The van der Waals surface area contributed by atoms with Gasteiger partial charge in [0.1, 0.15) is 11.0 Å². The predicted octanol–water partition coefficient (Wildman–Crippen LogP) is 6.55. The van der Waals surface area contributed by atoms with Crippen LogP contribution in [-0.2, 0) is 28.3 Å². The van der Waals surface area contributed by atoms with Gasteiger partial charge in [-0.1, -0.05) is 68.2 Å². The summed E-state index contributed by atoms with van der Waals surface area (Å²) >= 11 is 1.35. The molecule has 0 saturated carbocycles. The fourth-order valence-corrected chi connectivity index (χ4v) is 10.1. The summed E-state index contributed by atoms with van der Waals surface area (Å²) < 4.78 is 17.7. The first-order valence-electron chi connectivity index (χ1n) is 18.0. The number of nitrogens with zero attached hydrogens (tertiary/aromatic N) is 3. The lowest BCUT2D eigenvalue weighted by molar-refractivity contribution is -0.159. The summed E-state index contributed by atoms with van der Waals surface area (Å²) in [6, 6.07) is 1.20. The molecule has 2 rings (SSSR count). The summed E-state index contributed by atoms with van der Waals surface area (Å²) in [5.74, 6) is -1.55. The van der Waals surface area contributed by atoms with E-state index in [0.29, 0.717) is 24.3 Å². The minimum atomic E-state index is -2.19. The second-order valence-electron chi connectivity index (χ2n) is 13.5. The molecule has 1 saturated heterocycles. The van der Waals surface area contributed by atoms with Crippen LogP contribution in [0.5, 0.6) is 0 Å². The molecular formula is C35H62N4O7SSi. The van der Waals surface area contributed by atoms with E-state index in [1.807, 2.05) is 41.7 Å². The summed E-state index contributed by atoms with van der Waals surface area (Å²) in [5, 5.41) is 5.46. The summed E-state index contributed by atoms with van der Waals surface area (Å²) in [6.07, 6.45) is 4.18. The molecule has 2 amide bonds. The number of hydrogen-bond acceptors (Lipinski definition) is 10. The van der Waals surface area contributed by atoms with Crippen LogP contribution in [0.3, 0.4) is 0 Å². The number of aromatic nitrogens is 1. The standard InChI is InChI=1S/C35H62N4O7SSi/c1-11-18-30(40)45-23-39(34(42)31(25(8)12-2)37-32(41)27-19-16-17-20-38(27)9)28(24(6)7)21-29(46-48(13-3,14-4)15-5)33-36-26(22-47-33)35(43)44-10/h22,24-25,27-29,31H,11-21,23H2,1-10H3,(H,37,41)/t25-,27+,28+,29+,31?/m0/s1. The third kappa shape index (κ3) is 11.3. The van der Waals surface area contributed by atoms with E-state index < -0.39 is 32.5 Å². The SMILES string of the molecule is CCCC(=O)OCN(C(=O)C(NC(=O)[C@H]1CCCCN1C)[C@@H](C)CC)[C@H](C[C@@H](O[Si](CC)(CC)CC)c1nc(C(=O)OC)cs1)C(C)C. The molecule has 1 aliphatic rings. The van der Waals surface area contributed by atoms with Gasteiger partial charge < -0.3 is 24.1 Å². The predicted molar refractivity (Wildman–Crippen MR) is 192 cm³/mol. The van der Waals surface area contributed by atoms with E-state index >= 15 is 0 Å². The molecule has 48 heavy (non-hydrogen) atoms. The number of methoxy groups -OCH3 is 1. The van der Waals surface area contributed by atoms with Gasteiger partial charge in [-0.2, -0.15) is 0 Å². The van der Waals surface area contributed by atoms with Crippen LogP contribution in [0.25, 0.3) is 0 Å². The number of ether oxygens (including phenoxy) is 2. The van der Waals surface area contributed by atoms with E-state index in [1.165, 1.54) is 18.4 Å².